The lowest BCUT2D eigenvalue weighted by molar-refractivity contribution is 0.104. The van der Waals surface area contributed by atoms with Crippen molar-refractivity contribution < 1.29 is 4.79 Å². The topological polar surface area (TPSA) is 62.8 Å². The summed E-state index contributed by atoms with van der Waals surface area (Å²) in [4.78, 5) is 24.3. The van der Waals surface area contributed by atoms with Crippen LogP contribution >= 0.6 is 11.6 Å². The Kier molecular flexibility index (Phi) is 4.57. The smallest absolute Gasteiger partial charge is 0.264 e. The molecule has 0 fully saturated rings. The fourth-order valence-corrected chi connectivity index (χ4v) is 3.23. The highest BCUT2D eigenvalue weighted by molar-refractivity contribution is 6.30. The maximum Gasteiger partial charge on any atom is 0.264 e. The lowest BCUT2D eigenvalue weighted by Gasteiger charge is -2.10. The predicted molar refractivity (Wildman–Crippen MR) is 106 cm³/mol. The Bertz CT molecular complexity index is 1180. The average molecular weight is 375 g/mol. The van der Waals surface area contributed by atoms with E-state index in [1.165, 1.54) is 6.07 Å². The molecule has 27 heavy (non-hydrogen) atoms. The van der Waals surface area contributed by atoms with Gasteiger partial charge < -0.3 is 0 Å². The first-order valence-electron chi connectivity index (χ1n) is 8.47. The molecule has 4 aromatic rings. The summed E-state index contributed by atoms with van der Waals surface area (Å²) in [5.74, 6) is -0.0563. The highest BCUT2D eigenvalue weighted by Gasteiger charge is 2.14. The van der Waals surface area contributed by atoms with Crippen LogP contribution in [0, 0.1) is 0 Å². The highest BCUT2D eigenvalue weighted by atomic mass is 35.5. The van der Waals surface area contributed by atoms with Crippen LogP contribution in [0.4, 0.5) is 0 Å². The second kappa shape index (κ2) is 7.17. The second-order valence-electron chi connectivity index (χ2n) is 6.29. The minimum absolute atomic E-state index is 0.0563. The normalized spacial score (nSPS) is 10.9. The zero-order valence-corrected chi connectivity index (χ0v) is 15.0. The molecule has 3 aromatic carbocycles. The maximum absolute atomic E-state index is 13.1. The number of hydrogen-bond acceptors (Lipinski definition) is 3. The largest absolute Gasteiger partial charge is 0.289 e. The Balaban J connectivity index is 1.80. The van der Waals surface area contributed by atoms with Crippen LogP contribution < -0.4 is 5.56 Å². The van der Waals surface area contributed by atoms with E-state index in [0.29, 0.717) is 22.6 Å². The average Bonchev–Trinajstić information content (AvgIpc) is 2.69. The van der Waals surface area contributed by atoms with Gasteiger partial charge in [0, 0.05) is 28.6 Å². The van der Waals surface area contributed by atoms with Crippen molar-refractivity contribution in [2.75, 3.05) is 0 Å². The minimum atomic E-state index is -0.240. The lowest BCUT2D eigenvalue weighted by atomic mass is 9.93. The van der Waals surface area contributed by atoms with Crippen LogP contribution in [-0.2, 0) is 6.42 Å². The number of ketones is 1. The fourth-order valence-electron chi connectivity index (χ4n) is 3.10. The summed E-state index contributed by atoms with van der Waals surface area (Å²) in [5.41, 5.74) is 2.66. The van der Waals surface area contributed by atoms with Gasteiger partial charge in [0.2, 0.25) is 0 Å². The first-order valence-corrected chi connectivity index (χ1v) is 8.84. The van der Waals surface area contributed by atoms with Crippen LogP contribution in [0.3, 0.4) is 0 Å². The number of carbonyl (C=O) groups excluding carboxylic acids is 1. The third-order valence-electron chi connectivity index (χ3n) is 4.39. The van der Waals surface area contributed by atoms with E-state index in [-0.39, 0.29) is 11.3 Å². The summed E-state index contributed by atoms with van der Waals surface area (Å²) >= 11 is 5.94. The van der Waals surface area contributed by atoms with E-state index in [9.17, 15) is 9.59 Å². The molecule has 132 valence electrons. The highest BCUT2D eigenvalue weighted by Crippen LogP contribution is 2.25. The molecule has 1 heterocycles. The van der Waals surface area contributed by atoms with E-state index in [0.717, 1.165) is 22.0 Å². The molecule has 4 rings (SSSR count). The number of fused-ring (bicyclic) bond motifs is 1. The number of benzene rings is 3. The Morgan fingerprint density at radius 3 is 2.48 bits per heavy atom. The van der Waals surface area contributed by atoms with Gasteiger partial charge in [-0.1, -0.05) is 41.9 Å². The van der Waals surface area contributed by atoms with Crippen LogP contribution in [0.2, 0.25) is 5.02 Å². The van der Waals surface area contributed by atoms with E-state index in [1.54, 1.807) is 30.3 Å². The Morgan fingerprint density at radius 2 is 1.74 bits per heavy atom. The molecule has 0 saturated carbocycles. The van der Waals surface area contributed by atoms with Gasteiger partial charge in [-0.2, -0.15) is 5.10 Å². The predicted octanol–water partition coefficient (Wildman–Crippen LogP) is 4.40. The summed E-state index contributed by atoms with van der Waals surface area (Å²) < 4.78 is 0. The standard InChI is InChI=1S/C22H15ClN2O2/c23-17-7-5-15(6-8-17)22(27)20-13-14(11-16-3-1-2-4-19(16)20)12-18-9-10-21(26)25-24-18/h1-11,13H,12H2,(H,25,26). The zero-order valence-electron chi connectivity index (χ0n) is 14.3. The molecule has 0 aliphatic heterocycles. The summed E-state index contributed by atoms with van der Waals surface area (Å²) in [7, 11) is 0. The molecule has 1 N–H and O–H groups in total. The fraction of sp³-hybridized carbons (Fsp3) is 0.0455. The van der Waals surface area contributed by atoms with Gasteiger partial charge in [0.1, 0.15) is 0 Å². The molecule has 1 aromatic heterocycles. The number of H-pyrrole nitrogens is 1. The third kappa shape index (κ3) is 3.66. The van der Waals surface area contributed by atoms with Crippen molar-refractivity contribution in [3.63, 3.8) is 0 Å². The number of nitrogens with one attached hydrogen (secondary N) is 1. The van der Waals surface area contributed by atoms with Crippen molar-refractivity contribution in [3.8, 4) is 0 Å². The summed E-state index contributed by atoms with van der Waals surface area (Å²) in [6, 6.07) is 21.8. The van der Waals surface area contributed by atoms with Gasteiger partial charge in [0.15, 0.2) is 5.78 Å². The van der Waals surface area contributed by atoms with E-state index in [2.05, 4.69) is 10.2 Å². The molecule has 4 nitrogen and oxygen atoms in total. The third-order valence-corrected chi connectivity index (χ3v) is 4.65. The number of hydrogen-bond donors (Lipinski definition) is 1. The Labute approximate surface area is 160 Å². The number of nitrogens with zero attached hydrogens (tertiary/aromatic N) is 1. The number of aromatic amines is 1. The molecule has 0 atom stereocenters. The van der Waals surface area contributed by atoms with Crippen molar-refractivity contribution in [1.29, 1.82) is 0 Å². The molecule has 0 radical (unpaired) electrons. The van der Waals surface area contributed by atoms with Gasteiger partial charge in [0.05, 0.1) is 5.69 Å². The Morgan fingerprint density at radius 1 is 0.963 bits per heavy atom. The van der Waals surface area contributed by atoms with Crippen molar-refractivity contribution >= 4 is 28.2 Å². The lowest BCUT2D eigenvalue weighted by Crippen LogP contribution is -2.08. The van der Waals surface area contributed by atoms with Crippen molar-refractivity contribution in [2.45, 2.75) is 6.42 Å². The maximum atomic E-state index is 13.1. The first-order chi connectivity index (χ1) is 13.1. The molecule has 0 saturated heterocycles. The summed E-state index contributed by atoms with van der Waals surface area (Å²) in [6.07, 6.45) is 0.516. The second-order valence-corrected chi connectivity index (χ2v) is 6.73. The number of carbonyl (C=O) groups is 1. The van der Waals surface area contributed by atoms with E-state index < -0.39 is 0 Å². The van der Waals surface area contributed by atoms with Gasteiger partial charge >= 0.3 is 0 Å². The molecular formula is C22H15ClN2O2. The van der Waals surface area contributed by atoms with Gasteiger partial charge in [-0.3, -0.25) is 9.59 Å². The number of aromatic nitrogens is 2. The van der Waals surface area contributed by atoms with Crippen molar-refractivity contribution in [1.82, 2.24) is 10.2 Å². The summed E-state index contributed by atoms with van der Waals surface area (Å²) in [5, 5.41) is 8.97. The van der Waals surface area contributed by atoms with Crippen LogP contribution in [0.5, 0.6) is 0 Å². The van der Waals surface area contributed by atoms with Gasteiger partial charge in [0.25, 0.3) is 5.56 Å². The van der Waals surface area contributed by atoms with Crippen molar-refractivity contribution in [3.05, 3.63) is 111 Å². The van der Waals surface area contributed by atoms with Crippen LogP contribution in [0.25, 0.3) is 10.8 Å². The van der Waals surface area contributed by atoms with Crippen molar-refractivity contribution in [2.24, 2.45) is 0 Å². The minimum Gasteiger partial charge on any atom is -0.289 e. The van der Waals surface area contributed by atoms with Gasteiger partial charge in [-0.25, -0.2) is 5.10 Å². The van der Waals surface area contributed by atoms with Crippen LogP contribution in [-0.4, -0.2) is 16.0 Å². The molecule has 0 bridgehead atoms. The number of halogens is 1. The molecule has 0 spiro atoms. The molecule has 0 aliphatic rings. The van der Waals surface area contributed by atoms with Crippen LogP contribution in [0.15, 0.2) is 77.6 Å². The van der Waals surface area contributed by atoms with Crippen LogP contribution in [0.1, 0.15) is 27.2 Å². The summed E-state index contributed by atoms with van der Waals surface area (Å²) in [6.45, 7) is 0. The number of rotatable bonds is 4. The van der Waals surface area contributed by atoms with E-state index in [1.807, 2.05) is 36.4 Å². The van der Waals surface area contributed by atoms with Gasteiger partial charge in [-0.15, -0.1) is 0 Å². The van der Waals surface area contributed by atoms with E-state index in [4.69, 9.17) is 11.6 Å². The SMILES string of the molecule is O=C(c1ccc(Cl)cc1)c1cc(Cc2ccc(=O)[nH]n2)cc2ccccc12. The monoisotopic (exact) mass is 374 g/mol. The molecule has 0 aliphatic carbocycles. The molecule has 5 heteroatoms. The molecule has 0 unspecified atom stereocenters. The zero-order chi connectivity index (χ0) is 18.8. The quantitative estimate of drug-likeness (QED) is 0.538. The van der Waals surface area contributed by atoms with E-state index >= 15 is 0 Å². The van der Waals surface area contributed by atoms with Gasteiger partial charge in [-0.05, 0) is 52.7 Å². The first kappa shape index (κ1) is 17.2. The Hall–Kier alpha value is -3.24. The molecular weight excluding hydrogens is 360 g/mol. The molecule has 0 amide bonds.